The standard InChI is InChI=1S/C19H18N2O/c1-13-10-14(2)12-18(11-13)22-17-6-4-16(5-7-17)19-15(3)20-8-9-21-19/h4-12H,1-3H3. The van der Waals surface area contributed by atoms with Crippen LogP contribution >= 0.6 is 0 Å². The maximum atomic E-state index is 5.93. The van der Waals surface area contributed by atoms with Crippen molar-refractivity contribution in [3.05, 3.63) is 71.7 Å². The number of ether oxygens (including phenoxy) is 1. The molecule has 0 bridgehead atoms. The van der Waals surface area contributed by atoms with Gasteiger partial charge in [0.15, 0.2) is 0 Å². The third-order valence-corrected chi connectivity index (χ3v) is 3.44. The summed E-state index contributed by atoms with van der Waals surface area (Å²) in [6.45, 7) is 6.10. The van der Waals surface area contributed by atoms with Gasteiger partial charge in [-0.2, -0.15) is 0 Å². The van der Waals surface area contributed by atoms with Gasteiger partial charge in [0, 0.05) is 18.0 Å². The van der Waals surface area contributed by atoms with Crippen molar-refractivity contribution in [2.24, 2.45) is 0 Å². The van der Waals surface area contributed by atoms with E-state index in [-0.39, 0.29) is 0 Å². The lowest BCUT2D eigenvalue weighted by atomic mass is 10.1. The smallest absolute Gasteiger partial charge is 0.127 e. The molecule has 0 radical (unpaired) electrons. The minimum Gasteiger partial charge on any atom is -0.457 e. The van der Waals surface area contributed by atoms with Crippen LogP contribution in [0, 0.1) is 20.8 Å². The Balaban J connectivity index is 1.84. The third-order valence-electron chi connectivity index (χ3n) is 3.44. The molecule has 0 atom stereocenters. The van der Waals surface area contributed by atoms with Crippen molar-refractivity contribution in [2.45, 2.75) is 20.8 Å². The van der Waals surface area contributed by atoms with E-state index in [1.54, 1.807) is 12.4 Å². The van der Waals surface area contributed by atoms with Gasteiger partial charge in [0.05, 0.1) is 11.4 Å². The monoisotopic (exact) mass is 290 g/mol. The topological polar surface area (TPSA) is 35.0 Å². The van der Waals surface area contributed by atoms with Crippen molar-refractivity contribution < 1.29 is 4.74 Å². The van der Waals surface area contributed by atoms with E-state index in [9.17, 15) is 0 Å². The molecule has 110 valence electrons. The summed E-state index contributed by atoms with van der Waals surface area (Å²) in [6, 6.07) is 14.1. The van der Waals surface area contributed by atoms with E-state index in [0.29, 0.717) is 0 Å². The predicted octanol–water partition coefficient (Wildman–Crippen LogP) is 4.86. The molecular weight excluding hydrogens is 272 g/mol. The van der Waals surface area contributed by atoms with E-state index in [1.165, 1.54) is 11.1 Å². The van der Waals surface area contributed by atoms with Crippen LogP contribution in [0.5, 0.6) is 11.5 Å². The number of rotatable bonds is 3. The molecule has 3 heteroatoms. The summed E-state index contributed by atoms with van der Waals surface area (Å²) in [7, 11) is 0. The van der Waals surface area contributed by atoms with Crippen LogP contribution in [0.15, 0.2) is 54.9 Å². The molecule has 0 saturated carbocycles. The molecule has 0 saturated heterocycles. The second-order valence-electron chi connectivity index (χ2n) is 5.44. The fourth-order valence-corrected chi connectivity index (χ4v) is 2.50. The zero-order valence-corrected chi connectivity index (χ0v) is 13.0. The predicted molar refractivity (Wildman–Crippen MR) is 88.2 cm³/mol. The molecule has 3 aromatic rings. The zero-order chi connectivity index (χ0) is 15.5. The minimum atomic E-state index is 0.815. The molecule has 0 aliphatic rings. The lowest BCUT2D eigenvalue weighted by molar-refractivity contribution is 0.482. The van der Waals surface area contributed by atoms with Gasteiger partial charge < -0.3 is 4.74 Å². The fourth-order valence-electron chi connectivity index (χ4n) is 2.50. The highest BCUT2D eigenvalue weighted by molar-refractivity contribution is 5.62. The average Bonchev–Trinajstić information content (AvgIpc) is 2.48. The van der Waals surface area contributed by atoms with Crippen LogP contribution < -0.4 is 4.74 Å². The molecule has 2 aromatic carbocycles. The fraction of sp³-hybridized carbons (Fsp3) is 0.158. The van der Waals surface area contributed by atoms with Gasteiger partial charge in [-0.15, -0.1) is 0 Å². The number of aromatic nitrogens is 2. The van der Waals surface area contributed by atoms with Crippen molar-refractivity contribution >= 4 is 0 Å². The van der Waals surface area contributed by atoms with Gasteiger partial charge >= 0.3 is 0 Å². The number of hydrogen-bond acceptors (Lipinski definition) is 3. The Morgan fingerprint density at radius 3 is 2.00 bits per heavy atom. The number of benzene rings is 2. The molecule has 0 unspecified atom stereocenters. The normalized spacial score (nSPS) is 10.5. The molecule has 0 aliphatic heterocycles. The van der Waals surface area contributed by atoms with Gasteiger partial charge in [-0.1, -0.05) is 6.07 Å². The first-order chi connectivity index (χ1) is 10.6. The molecule has 0 spiro atoms. The first-order valence-corrected chi connectivity index (χ1v) is 7.26. The molecule has 0 fully saturated rings. The van der Waals surface area contributed by atoms with Crippen LogP contribution in [0.3, 0.4) is 0 Å². The van der Waals surface area contributed by atoms with Gasteiger partial charge in [-0.05, 0) is 68.3 Å². The van der Waals surface area contributed by atoms with Crippen molar-refractivity contribution in [2.75, 3.05) is 0 Å². The largest absolute Gasteiger partial charge is 0.457 e. The van der Waals surface area contributed by atoms with Crippen molar-refractivity contribution in [3.63, 3.8) is 0 Å². The second-order valence-corrected chi connectivity index (χ2v) is 5.44. The van der Waals surface area contributed by atoms with Crippen molar-refractivity contribution in [1.82, 2.24) is 9.97 Å². The average molecular weight is 290 g/mol. The Labute approximate surface area is 130 Å². The molecule has 0 amide bonds. The highest BCUT2D eigenvalue weighted by Gasteiger charge is 2.05. The second kappa shape index (κ2) is 5.98. The molecule has 3 rings (SSSR count). The van der Waals surface area contributed by atoms with E-state index in [1.807, 2.05) is 43.3 Å². The van der Waals surface area contributed by atoms with Crippen LogP contribution in [0.2, 0.25) is 0 Å². The van der Waals surface area contributed by atoms with Gasteiger partial charge in [0.25, 0.3) is 0 Å². The summed E-state index contributed by atoms with van der Waals surface area (Å²) in [5, 5.41) is 0. The maximum absolute atomic E-state index is 5.93. The van der Waals surface area contributed by atoms with Crippen LogP contribution in [-0.4, -0.2) is 9.97 Å². The highest BCUT2D eigenvalue weighted by atomic mass is 16.5. The van der Waals surface area contributed by atoms with E-state index in [4.69, 9.17) is 4.74 Å². The van der Waals surface area contributed by atoms with E-state index >= 15 is 0 Å². The summed E-state index contributed by atoms with van der Waals surface area (Å²) in [5.41, 5.74) is 5.26. The molecule has 1 aromatic heterocycles. The van der Waals surface area contributed by atoms with Crippen LogP contribution in [0.4, 0.5) is 0 Å². The Morgan fingerprint density at radius 2 is 1.36 bits per heavy atom. The molecule has 0 aliphatic carbocycles. The first kappa shape index (κ1) is 14.3. The van der Waals surface area contributed by atoms with Crippen molar-refractivity contribution in [3.8, 4) is 22.8 Å². The Bertz CT molecular complexity index is 775. The molecule has 0 N–H and O–H groups in total. The summed E-state index contributed by atoms with van der Waals surface area (Å²) in [5.74, 6) is 1.68. The summed E-state index contributed by atoms with van der Waals surface area (Å²) < 4.78 is 5.93. The van der Waals surface area contributed by atoms with Crippen LogP contribution in [-0.2, 0) is 0 Å². The number of aryl methyl sites for hydroxylation is 3. The first-order valence-electron chi connectivity index (χ1n) is 7.26. The Kier molecular flexibility index (Phi) is 3.88. The van der Waals surface area contributed by atoms with Crippen molar-refractivity contribution in [1.29, 1.82) is 0 Å². The molecule has 22 heavy (non-hydrogen) atoms. The van der Waals surface area contributed by atoms with Gasteiger partial charge in [0.2, 0.25) is 0 Å². The lowest BCUT2D eigenvalue weighted by Gasteiger charge is -2.09. The molecule has 1 heterocycles. The summed E-state index contributed by atoms with van der Waals surface area (Å²) in [6.07, 6.45) is 3.42. The zero-order valence-electron chi connectivity index (χ0n) is 13.0. The number of nitrogens with zero attached hydrogens (tertiary/aromatic N) is 2. The maximum Gasteiger partial charge on any atom is 0.127 e. The Hall–Kier alpha value is -2.68. The van der Waals surface area contributed by atoms with E-state index in [0.717, 1.165) is 28.5 Å². The minimum absolute atomic E-state index is 0.815. The van der Waals surface area contributed by atoms with Gasteiger partial charge in [-0.25, -0.2) is 0 Å². The van der Waals surface area contributed by atoms with Gasteiger partial charge in [0.1, 0.15) is 11.5 Å². The van der Waals surface area contributed by atoms with Crippen LogP contribution in [0.25, 0.3) is 11.3 Å². The molecule has 3 nitrogen and oxygen atoms in total. The summed E-state index contributed by atoms with van der Waals surface area (Å²) in [4.78, 5) is 8.65. The van der Waals surface area contributed by atoms with Crippen LogP contribution in [0.1, 0.15) is 16.8 Å². The SMILES string of the molecule is Cc1cc(C)cc(Oc2ccc(-c3nccnc3C)cc2)c1. The Morgan fingerprint density at radius 1 is 0.727 bits per heavy atom. The summed E-state index contributed by atoms with van der Waals surface area (Å²) >= 11 is 0. The number of hydrogen-bond donors (Lipinski definition) is 0. The molecular formula is C19H18N2O. The van der Waals surface area contributed by atoms with Gasteiger partial charge in [-0.3, -0.25) is 9.97 Å². The highest BCUT2D eigenvalue weighted by Crippen LogP contribution is 2.27. The van der Waals surface area contributed by atoms with E-state index < -0.39 is 0 Å². The third kappa shape index (κ3) is 3.14. The van der Waals surface area contributed by atoms with E-state index in [2.05, 4.69) is 29.9 Å². The lowest BCUT2D eigenvalue weighted by Crippen LogP contribution is -1.91. The quantitative estimate of drug-likeness (QED) is 0.691.